The second kappa shape index (κ2) is 3.65. The summed E-state index contributed by atoms with van der Waals surface area (Å²) in [6, 6.07) is 3.69. The van der Waals surface area contributed by atoms with Gasteiger partial charge in [-0.2, -0.15) is 0 Å². The highest BCUT2D eigenvalue weighted by molar-refractivity contribution is 5.23. The molecule has 0 amide bonds. The van der Waals surface area contributed by atoms with Crippen LogP contribution in [0.3, 0.4) is 0 Å². The summed E-state index contributed by atoms with van der Waals surface area (Å²) in [7, 11) is 0. The van der Waals surface area contributed by atoms with Crippen molar-refractivity contribution in [3.63, 3.8) is 0 Å². The van der Waals surface area contributed by atoms with Crippen LogP contribution in [0.5, 0.6) is 0 Å². The van der Waals surface area contributed by atoms with Gasteiger partial charge < -0.3 is 5.11 Å². The topological polar surface area (TPSA) is 20.2 Å². The molecule has 0 saturated carbocycles. The van der Waals surface area contributed by atoms with E-state index in [1.54, 1.807) is 20.8 Å². The third kappa shape index (κ3) is 2.29. The molecule has 0 radical (unpaired) electrons. The van der Waals surface area contributed by atoms with Crippen molar-refractivity contribution in [3.05, 3.63) is 35.4 Å². The molecule has 0 aliphatic rings. The molecule has 0 spiro atoms. The highest BCUT2D eigenvalue weighted by Gasteiger charge is 2.24. The van der Waals surface area contributed by atoms with Crippen molar-refractivity contribution in [2.45, 2.75) is 32.3 Å². The van der Waals surface area contributed by atoms with Gasteiger partial charge in [0, 0.05) is 5.92 Å². The van der Waals surface area contributed by atoms with Gasteiger partial charge in [0.05, 0.1) is 5.60 Å². The lowest BCUT2D eigenvalue weighted by molar-refractivity contribution is 0.0557. The normalized spacial score (nSPS) is 14.1. The van der Waals surface area contributed by atoms with Gasteiger partial charge in [-0.25, -0.2) is 8.78 Å². The number of halogens is 2. The van der Waals surface area contributed by atoms with Crippen LogP contribution in [-0.2, 0) is 0 Å². The fourth-order valence-corrected chi connectivity index (χ4v) is 1.19. The highest BCUT2D eigenvalue weighted by atomic mass is 19.2. The van der Waals surface area contributed by atoms with E-state index in [4.69, 9.17) is 0 Å². The first-order valence-corrected chi connectivity index (χ1v) is 4.49. The van der Waals surface area contributed by atoms with E-state index in [9.17, 15) is 13.9 Å². The van der Waals surface area contributed by atoms with Crippen LogP contribution in [-0.4, -0.2) is 10.7 Å². The van der Waals surface area contributed by atoms with Crippen molar-refractivity contribution in [2.75, 3.05) is 0 Å². The molecular formula is C11H14F2O. The summed E-state index contributed by atoms with van der Waals surface area (Å²) in [5.41, 5.74) is -0.346. The quantitative estimate of drug-likeness (QED) is 0.778. The molecule has 0 unspecified atom stereocenters. The molecule has 0 aliphatic carbocycles. The van der Waals surface area contributed by atoms with Gasteiger partial charge in [0.25, 0.3) is 0 Å². The predicted molar refractivity (Wildman–Crippen MR) is 51.1 cm³/mol. The number of rotatable bonds is 2. The van der Waals surface area contributed by atoms with E-state index in [0.717, 1.165) is 12.1 Å². The SMILES string of the molecule is C[C@@H](c1ccc(F)c(F)c1)C(C)(C)O. The molecule has 14 heavy (non-hydrogen) atoms. The van der Waals surface area contributed by atoms with Gasteiger partial charge in [0.15, 0.2) is 11.6 Å². The third-order valence-corrected chi connectivity index (χ3v) is 2.50. The fourth-order valence-electron chi connectivity index (χ4n) is 1.19. The second-order valence-electron chi connectivity index (χ2n) is 4.05. The summed E-state index contributed by atoms with van der Waals surface area (Å²) >= 11 is 0. The van der Waals surface area contributed by atoms with Crippen molar-refractivity contribution in [3.8, 4) is 0 Å². The highest BCUT2D eigenvalue weighted by Crippen LogP contribution is 2.27. The zero-order valence-electron chi connectivity index (χ0n) is 8.51. The van der Waals surface area contributed by atoms with Crippen LogP contribution in [0.15, 0.2) is 18.2 Å². The standard InChI is InChI=1S/C11H14F2O/c1-7(11(2,3)14)8-4-5-9(12)10(13)6-8/h4-7,14H,1-3H3/t7-/m0/s1. The smallest absolute Gasteiger partial charge is 0.159 e. The Hall–Kier alpha value is -0.960. The van der Waals surface area contributed by atoms with Gasteiger partial charge in [-0.3, -0.25) is 0 Å². The Morgan fingerprint density at radius 1 is 1.21 bits per heavy atom. The first-order chi connectivity index (χ1) is 6.32. The fraction of sp³-hybridized carbons (Fsp3) is 0.455. The maximum atomic E-state index is 12.9. The second-order valence-corrected chi connectivity index (χ2v) is 4.05. The van der Waals surface area contributed by atoms with E-state index < -0.39 is 17.2 Å². The average molecular weight is 200 g/mol. The van der Waals surface area contributed by atoms with Crippen LogP contribution in [0.25, 0.3) is 0 Å². The number of aliphatic hydroxyl groups is 1. The Morgan fingerprint density at radius 2 is 1.79 bits per heavy atom. The van der Waals surface area contributed by atoms with E-state index in [1.165, 1.54) is 6.07 Å². The summed E-state index contributed by atoms with van der Waals surface area (Å²) in [6.07, 6.45) is 0. The molecule has 0 fully saturated rings. The van der Waals surface area contributed by atoms with Crippen LogP contribution in [0.1, 0.15) is 32.3 Å². The Morgan fingerprint density at radius 3 is 2.21 bits per heavy atom. The number of hydrogen-bond acceptors (Lipinski definition) is 1. The minimum absolute atomic E-state index is 0.238. The van der Waals surface area contributed by atoms with Crippen LogP contribution in [0, 0.1) is 11.6 Å². The largest absolute Gasteiger partial charge is 0.390 e. The third-order valence-electron chi connectivity index (χ3n) is 2.50. The molecule has 78 valence electrons. The maximum absolute atomic E-state index is 12.9. The van der Waals surface area contributed by atoms with E-state index in [0.29, 0.717) is 5.56 Å². The monoisotopic (exact) mass is 200 g/mol. The molecule has 0 aromatic heterocycles. The molecule has 3 heteroatoms. The average Bonchev–Trinajstić information content (AvgIpc) is 2.07. The van der Waals surface area contributed by atoms with E-state index in [-0.39, 0.29) is 5.92 Å². The van der Waals surface area contributed by atoms with Crippen molar-refractivity contribution < 1.29 is 13.9 Å². The molecule has 0 bridgehead atoms. The van der Waals surface area contributed by atoms with Crippen LogP contribution >= 0.6 is 0 Å². The van der Waals surface area contributed by atoms with Gasteiger partial charge in [-0.05, 0) is 31.5 Å². The summed E-state index contributed by atoms with van der Waals surface area (Å²) in [4.78, 5) is 0. The minimum atomic E-state index is -0.940. The zero-order valence-corrected chi connectivity index (χ0v) is 8.51. The molecule has 1 rings (SSSR count). The van der Waals surface area contributed by atoms with E-state index >= 15 is 0 Å². The first-order valence-electron chi connectivity index (χ1n) is 4.49. The summed E-state index contributed by atoms with van der Waals surface area (Å²) in [5.74, 6) is -1.98. The van der Waals surface area contributed by atoms with Crippen molar-refractivity contribution in [1.82, 2.24) is 0 Å². The lowest BCUT2D eigenvalue weighted by Crippen LogP contribution is -2.26. The Labute approximate surface area is 82.4 Å². The molecular weight excluding hydrogens is 186 g/mol. The van der Waals surface area contributed by atoms with Crippen molar-refractivity contribution in [1.29, 1.82) is 0 Å². The van der Waals surface area contributed by atoms with Gasteiger partial charge in [-0.15, -0.1) is 0 Å². The molecule has 0 aliphatic heterocycles. The summed E-state index contributed by atoms with van der Waals surface area (Å²) < 4.78 is 25.5. The lowest BCUT2D eigenvalue weighted by atomic mass is 9.86. The number of hydrogen-bond donors (Lipinski definition) is 1. The Kier molecular flexibility index (Phi) is 2.90. The van der Waals surface area contributed by atoms with Gasteiger partial charge in [0.2, 0.25) is 0 Å². The van der Waals surface area contributed by atoms with Crippen LogP contribution in [0.2, 0.25) is 0 Å². The Balaban J connectivity index is 3.03. The van der Waals surface area contributed by atoms with Crippen LogP contribution < -0.4 is 0 Å². The Bertz CT molecular complexity index is 329. The molecule has 1 atom stereocenters. The zero-order chi connectivity index (χ0) is 10.9. The molecule has 0 heterocycles. The summed E-state index contributed by atoms with van der Waals surface area (Å²) in [6.45, 7) is 5.05. The van der Waals surface area contributed by atoms with Gasteiger partial charge in [-0.1, -0.05) is 13.0 Å². The molecule has 1 N–H and O–H groups in total. The van der Waals surface area contributed by atoms with Crippen LogP contribution in [0.4, 0.5) is 8.78 Å². The lowest BCUT2D eigenvalue weighted by Gasteiger charge is -2.26. The molecule has 1 aromatic carbocycles. The first kappa shape index (κ1) is 11.1. The van der Waals surface area contributed by atoms with E-state index in [1.807, 2.05) is 0 Å². The number of benzene rings is 1. The molecule has 1 aromatic rings. The van der Waals surface area contributed by atoms with Crippen molar-refractivity contribution in [2.24, 2.45) is 0 Å². The van der Waals surface area contributed by atoms with Crippen molar-refractivity contribution >= 4 is 0 Å². The summed E-state index contributed by atoms with van der Waals surface area (Å²) in [5, 5.41) is 9.68. The van der Waals surface area contributed by atoms with Gasteiger partial charge in [0.1, 0.15) is 0 Å². The predicted octanol–water partition coefficient (Wildman–Crippen LogP) is 2.84. The molecule has 1 nitrogen and oxygen atoms in total. The van der Waals surface area contributed by atoms with Gasteiger partial charge >= 0.3 is 0 Å². The maximum Gasteiger partial charge on any atom is 0.159 e. The van der Waals surface area contributed by atoms with E-state index in [2.05, 4.69) is 0 Å². The minimum Gasteiger partial charge on any atom is -0.390 e. The molecule has 0 saturated heterocycles.